The summed E-state index contributed by atoms with van der Waals surface area (Å²) in [5, 5.41) is 4.18. The Kier molecular flexibility index (Phi) is 6.95. The second-order valence-corrected chi connectivity index (χ2v) is 11.6. The van der Waals surface area contributed by atoms with E-state index in [1.807, 2.05) is 72.8 Å². The van der Waals surface area contributed by atoms with Crippen LogP contribution in [0.2, 0.25) is 0 Å². The Morgan fingerprint density at radius 2 is 1.40 bits per heavy atom. The van der Waals surface area contributed by atoms with Crippen LogP contribution in [0.15, 0.2) is 109 Å². The van der Waals surface area contributed by atoms with Gasteiger partial charge in [0.15, 0.2) is 23.3 Å². The summed E-state index contributed by atoms with van der Waals surface area (Å²) in [7, 11) is -0.823. The van der Waals surface area contributed by atoms with Gasteiger partial charge in [0.05, 0.1) is 12.2 Å². The molecule has 0 spiro atoms. The second kappa shape index (κ2) is 10.7. The molecule has 198 valence electrons. The van der Waals surface area contributed by atoms with Crippen molar-refractivity contribution >= 4 is 29.3 Å². The van der Waals surface area contributed by atoms with Gasteiger partial charge in [-0.2, -0.15) is 0 Å². The molecule has 0 N–H and O–H groups in total. The number of halogens is 4. The van der Waals surface area contributed by atoms with Crippen LogP contribution in [0, 0.1) is 23.3 Å². The van der Waals surface area contributed by atoms with Crippen LogP contribution >= 0.6 is 7.92 Å². The molecule has 1 atom stereocenters. The minimum atomic E-state index is -1.83. The minimum Gasteiger partial charge on any atom is -0.326 e. The van der Waals surface area contributed by atoms with Gasteiger partial charge in [-0.1, -0.05) is 97.1 Å². The van der Waals surface area contributed by atoms with E-state index >= 15 is 0 Å². The van der Waals surface area contributed by atoms with Crippen molar-refractivity contribution in [1.82, 2.24) is 9.55 Å². The highest BCUT2D eigenvalue weighted by molar-refractivity contribution is 7.72. The number of aromatic nitrogens is 2. The van der Waals surface area contributed by atoms with Crippen LogP contribution in [0.3, 0.4) is 0 Å². The van der Waals surface area contributed by atoms with Crippen LogP contribution in [0.25, 0.3) is 33.4 Å². The molecule has 40 heavy (non-hydrogen) atoms. The van der Waals surface area contributed by atoms with Gasteiger partial charge < -0.3 is 4.57 Å². The molecule has 1 heterocycles. The van der Waals surface area contributed by atoms with Crippen LogP contribution in [0.4, 0.5) is 17.6 Å². The van der Waals surface area contributed by atoms with Crippen molar-refractivity contribution in [3.63, 3.8) is 0 Å². The van der Waals surface area contributed by atoms with E-state index in [4.69, 9.17) is 4.98 Å². The largest absolute Gasteiger partial charge is 0.326 e. The molecule has 0 aliphatic heterocycles. The highest BCUT2D eigenvalue weighted by atomic mass is 31.1. The van der Waals surface area contributed by atoms with Gasteiger partial charge in [-0.25, -0.2) is 22.5 Å². The molecule has 0 saturated heterocycles. The van der Waals surface area contributed by atoms with Crippen LogP contribution < -0.4 is 10.6 Å². The van der Waals surface area contributed by atoms with Crippen LogP contribution in [-0.2, 0) is 6.54 Å². The van der Waals surface area contributed by atoms with Gasteiger partial charge in [-0.3, -0.25) is 0 Å². The third-order valence-electron chi connectivity index (χ3n) is 7.00. The highest BCUT2D eigenvalue weighted by Crippen LogP contribution is 2.39. The molecule has 6 rings (SSSR count). The van der Waals surface area contributed by atoms with E-state index in [2.05, 4.69) is 30.9 Å². The number of benzene rings is 5. The maximum Gasteiger partial charge on any atom is 0.197 e. The zero-order valence-corrected chi connectivity index (χ0v) is 22.3. The zero-order chi connectivity index (χ0) is 27.8. The van der Waals surface area contributed by atoms with Crippen molar-refractivity contribution in [2.75, 3.05) is 6.66 Å². The lowest BCUT2D eigenvalue weighted by molar-refractivity contribution is 0.402. The Hall–Kier alpha value is -4.28. The standard InChI is InChI=1S/C33H23F4N2P/c1-40(24-13-6-3-7-14-24)28-17-16-21-10-8-9-15-25(21)29(28)33-38-27(22-11-4-2-5-12-22)20-39(33)19-23-18-26(34)31(36)32(37)30(23)35/h2-18,20H,19H2,1H3. The van der Waals surface area contributed by atoms with Crippen molar-refractivity contribution < 1.29 is 17.6 Å². The lowest BCUT2D eigenvalue weighted by atomic mass is 10.0. The average molecular weight is 555 g/mol. The van der Waals surface area contributed by atoms with E-state index < -0.39 is 31.2 Å². The lowest BCUT2D eigenvalue weighted by Gasteiger charge is -2.20. The lowest BCUT2D eigenvalue weighted by Crippen LogP contribution is -2.16. The molecule has 2 nitrogen and oxygen atoms in total. The number of rotatable bonds is 6. The van der Waals surface area contributed by atoms with Gasteiger partial charge in [0, 0.05) is 22.9 Å². The Morgan fingerprint density at radius 1 is 0.725 bits per heavy atom. The molecule has 1 unspecified atom stereocenters. The minimum absolute atomic E-state index is 0.245. The second-order valence-electron chi connectivity index (χ2n) is 9.48. The smallest absolute Gasteiger partial charge is 0.197 e. The average Bonchev–Trinajstić information content (AvgIpc) is 3.42. The van der Waals surface area contributed by atoms with Crippen LogP contribution in [-0.4, -0.2) is 16.2 Å². The van der Waals surface area contributed by atoms with Crippen molar-refractivity contribution in [2.24, 2.45) is 0 Å². The van der Waals surface area contributed by atoms with E-state index in [9.17, 15) is 17.6 Å². The first-order valence-corrected chi connectivity index (χ1v) is 14.5. The fraction of sp³-hybridized carbons (Fsp3) is 0.0606. The van der Waals surface area contributed by atoms with Crippen molar-refractivity contribution in [1.29, 1.82) is 0 Å². The van der Waals surface area contributed by atoms with Crippen molar-refractivity contribution in [2.45, 2.75) is 6.54 Å². The van der Waals surface area contributed by atoms with E-state index in [-0.39, 0.29) is 12.1 Å². The third kappa shape index (κ3) is 4.69. The first-order valence-electron chi connectivity index (χ1n) is 12.7. The van der Waals surface area contributed by atoms with Gasteiger partial charge in [-0.15, -0.1) is 0 Å². The number of nitrogens with zero attached hydrogens (tertiary/aromatic N) is 2. The molecule has 0 aliphatic carbocycles. The summed E-state index contributed by atoms with van der Waals surface area (Å²) in [6.45, 7) is 1.93. The van der Waals surface area contributed by atoms with E-state index in [1.54, 1.807) is 10.8 Å². The van der Waals surface area contributed by atoms with Crippen molar-refractivity contribution in [3.05, 3.63) is 138 Å². The quantitative estimate of drug-likeness (QED) is 0.0882. The Labute approximate surface area is 230 Å². The van der Waals surface area contributed by atoms with Gasteiger partial charge in [0.2, 0.25) is 0 Å². The summed E-state index contributed by atoms with van der Waals surface area (Å²) in [5.74, 6) is -5.98. The Balaban J connectivity index is 1.62. The molecule has 0 amide bonds. The van der Waals surface area contributed by atoms with Gasteiger partial charge in [0.25, 0.3) is 0 Å². The molecule has 0 radical (unpaired) electrons. The van der Waals surface area contributed by atoms with Crippen LogP contribution in [0.5, 0.6) is 0 Å². The normalized spacial score (nSPS) is 12.1. The predicted octanol–water partition coefficient (Wildman–Crippen LogP) is 8.04. The number of fused-ring (bicyclic) bond motifs is 1. The molecule has 0 bridgehead atoms. The van der Waals surface area contributed by atoms with Crippen LogP contribution in [0.1, 0.15) is 5.56 Å². The summed E-state index contributed by atoms with van der Waals surface area (Å²) in [6.07, 6.45) is 1.75. The molecular weight excluding hydrogens is 531 g/mol. The highest BCUT2D eigenvalue weighted by Gasteiger charge is 2.24. The maximum absolute atomic E-state index is 14.9. The van der Waals surface area contributed by atoms with E-state index in [1.165, 1.54) is 5.30 Å². The summed E-state index contributed by atoms with van der Waals surface area (Å²) in [6, 6.07) is 32.5. The summed E-state index contributed by atoms with van der Waals surface area (Å²) < 4.78 is 58.7. The predicted molar refractivity (Wildman–Crippen MR) is 155 cm³/mol. The summed E-state index contributed by atoms with van der Waals surface area (Å²) in [5.41, 5.74) is 2.01. The molecule has 5 aromatic carbocycles. The summed E-state index contributed by atoms with van der Waals surface area (Å²) >= 11 is 0. The molecular formula is C33H23F4N2P. The molecule has 6 aromatic rings. The first kappa shape index (κ1) is 26.0. The summed E-state index contributed by atoms with van der Waals surface area (Å²) in [4.78, 5) is 5.02. The molecule has 1 aromatic heterocycles. The molecule has 0 fully saturated rings. The fourth-order valence-corrected chi connectivity index (χ4v) is 6.72. The van der Waals surface area contributed by atoms with Gasteiger partial charge in [0.1, 0.15) is 5.82 Å². The fourth-order valence-electron chi connectivity index (χ4n) is 4.97. The number of imidazole rings is 1. The topological polar surface area (TPSA) is 17.8 Å². The zero-order valence-electron chi connectivity index (χ0n) is 21.5. The van der Waals surface area contributed by atoms with E-state index in [0.29, 0.717) is 17.6 Å². The van der Waals surface area contributed by atoms with Gasteiger partial charge >= 0.3 is 0 Å². The van der Waals surface area contributed by atoms with Crippen molar-refractivity contribution in [3.8, 4) is 22.6 Å². The molecule has 0 aliphatic rings. The first-order chi connectivity index (χ1) is 19.4. The number of hydrogen-bond donors (Lipinski definition) is 0. The third-order valence-corrected chi connectivity index (χ3v) is 9.17. The molecule has 7 heteroatoms. The SMILES string of the molecule is CP(c1ccccc1)c1ccc2ccccc2c1-c1nc(-c2ccccc2)cn1Cc1cc(F)c(F)c(F)c1F. The van der Waals surface area contributed by atoms with Gasteiger partial charge in [-0.05, 0) is 42.0 Å². The Morgan fingerprint density at radius 3 is 2.15 bits per heavy atom. The number of hydrogen-bond acceptors (Lipinski definition) is 1. The maximum atomic E-state index is 14.9. The monoisotopic (exact) mass is 554 g/mol. The van der Waals surface area contributed by atoms with E-state index in [0.717, 1.165) is 27.2 Å². The Bertz CT molecular complexity index is 1840. The molecule has 0 saturated carbocycles.